The molecular weight excluding hydrogens is 464 g/mol. The van der Waals surface area contributed by atoms with Crippen molar-refractivity contribution in [1.82, 2.24) is 29.4 Å². The first-order valence-corrected chi connectivity index (χ1v) is 12.0. The third-order valence-electron chi connectivity index (χ3n) is 6.70. The van der Waals surface area contributed by atoms with E-state index in [1.807, 2.05) is 84.4 Å². The average Bonchev–Trinajstić information content (AvgIpc) is 3.54. The van der Waals surface area contributed by atoms with E-state index in [9.17, 15) is 0 Å². The van der Waals surface area contributed by atoms with Gasteiger partial charge in [-0.15, -0.1) is 5.10 Å². The maximum absolute atomic E-state index is 6.48. The molecule has 7 rings (SSSR count). The molecule has 0 radical (unpaired) electrons. The zero-order chi connectivity index (χ0) is 24.9. The third-order valence-corrected chi connectivity index (χ3v) is 6.70. The van der Waals surface area contributed by atoms with Gasteiger partial charge >= 0.3 is 0 Å². The lowest BCUT2D eigenvalue weighted by Gasteiger charge is -2.26. The highest BCUT2D eigenvalue weighted by Gasteiger charge is 2.38. The summed E-state index contributed by atoms with van der Waals surface area (Å²) in [6, 6.07) is 28.0. The van der Waals surface area contributed by atoms with Crippen LogP contribution in [0.4, 0.5) is 0 Å². The molecule has 0 N–H and O–H groups in total. The summed E-state index contributed by atoms with van der Waals surface area (Å²) in [5.74, 6) is 2.37. The van der Waals surface area contributed by atoms with Crippen LogP contribution in [0.5, 0.6) is 17.5 Å². The highest BCUT2D eigenvalue weighted by Crippen LogP contribution is 2.49. The number of nitrogens with zero attached hydrogens (tertiary/aromatic N) is 6. The first-order chi connectivity index (χ1) is 18.2. The summed E-state index contributed by atoms with van der Waals surface area (Å²) >= 11 is 0. The van der Waals surface area contributed by atoms with Gasteiger partial charge in [0.05, 0.1) is 35.5 Å². The van der Waals surface area contributed by atoms with Gasteiger partial charge in [-0.05, 0) is 48.9 Å². The van der Waals surface area contributed by atoms with Crippen molar-refractivity contribution >= 4 is 5.65 Å². The van der Waals surface area contributed by atoms with Gasteiger partial charge in [0.25, 0.3) is 0 Å². The number of rotatable bonds is 4. The van der Waals surface area contributed by atoms with Gasteiger partial charge in [0.15, 0.2) is 11.5 Å². The van der Waals surface area contributed by atoms with Crippen LogP contribution in [0.2, 0.25) is 0 Å². The largest absolute Gasteiger partial charge is 0.497 e. The second kappa shape index (κ2) is 8.30. The normalized spacial score (nSPS) is 14.2. The van der Waals surface area contributed by atoms with Crippen LogP contribution in [0, 0.1) is 6.92 Å². The van der Waals surface area contributed by atoms with Crippen LogP contribution in [-0.2, 0) is 0 Å². The number of fused-ring (bicyclic) bond motifs is 4. The Morgan fingerprint density at radius 2 is 1.57 bits per heavy atom. The Kier molecular flexibility index (Phi) is 4.78. The maximum Gasteiger partial charge on any atom is 0.230 e. The summed E-state index contributed by atoms with van der Waals surface area (Å²) in [6.45, 7) is 2.02. The molecule has 0 saturated heterocycles. The van der Waals surface area contributed by atoms with E-state index in [1.54, 1.807) is 18.0 Å². The van der Waals surface area contributed by atoms with Crippen molar-refractivity contribution in [2.75, 3.05) is 7.11 Å². The summed E-state index contributed by atoms with van der Waals surface area (Å²) in [5.41, 5.74) is 6.36. The fourth-order valence-electron chi connectivity index (χ4n) is 4.96. The Hall–Kier alpha value is -4.98. The van der Waals surface area contributed by atoms with Crippen molar-refractivity contribution in [2.45, 2.75) is 12.8 Å². The van der Waals surface area contributed by atoms with E-state index in [4.69, 9.17) is 24.7 Å². The number of hydrogen-bond donors (Lipinski definition) is 0. The second-order valence-corrected chi connectivity index (χ2v) is 8.89. The number of ether oxygens (including phenoxy) is 2. The van der Waals surface area contributed by atoms with Crippen LogP contribution in [0.1, 0.15) is 28.3 Å². The molecule has 0 saturated carbocycles. The molecule has 4 heterocycles. The summed E-state index contributed by atoms with van der Waals surface area (Å²) in [4.78, 5) is 9.64. The topological polar surface area (TPSA) is 79.4 Å². The van der Waals surface area contributed by atoms with Crippen molar-refractivity contribution in [3.63, 3.8) is 0 Å². The zero-order valence-corrected chi connectivity index (χ0v) is 20.2. The predicted molar refractivity (Wildman–Crippen MR) is 139 cm³/mol. The number of benzene rings is 3. The van der Waals surface area contributed by atoms with Crippen LogP contribution in [0.15, 0.2) is 91.3 Å². The summed E-state index contributed by atoms with van der Waals surface area (Å²) in [5, 5.41) is 9.61. The molecule has 8 nitrogen and oxygen atoms in total. The second-order valence-electron chi connectivity index (χ2n) is 8.89. The van der Waals surface area contributed by atoms with Crippen molar-refractivity contribution < 1.29 is 9.47 Å². The molecule has 3 aromatic carbocycles. The number of aryl methyl sites for hydroxylation is 1. The summed E-state index contributed by atoms with van der Waals surface area (Å²) < 4.78 is 15.4. The Morgan fingerprint density at radius 3 is 2.30 bits per heavy atom. The average molecular weight is 487 g/mol. The van der Waals surface area contributed by atoms with Gasteiger partial charge in [-0.25, -0.2) is 19.2 Å². The molecule has 6 aromatic rings. The van der Waals surface area contributed by atoms with Crippen LogP contribution < -0.4 is 9.47 Å². The molecular formula is C29H22N6O2. The first-order valence-electron chi connectivity index (χ1n) is 12.0. The monoisotopic (exact) mass is 486 g/mol. The molecule has 0 fully saturated rings. The molecule has 1 aliphatic rings. The first kappa shape index (κ1) is 21.3. The van der Waals surface area contributed by atoms with Gasteiger partial charge < -0.3 is 9.47 Å². The molecule has 0 unspecified atom stereocenters. The van der Waals surface area contributed by atoms with Crippen molar-refractivity contribution in [3.05, 3.63) is 114 Å². The van der Waals surface area contributed by atoms with E-state index in [0.717, 1.165) is 39.4 Å². The Morgan fingerprint density at radius 1 is 0.838 bits per heavy atom. The van der Waals surface area contributed by atoms with E-state index in [1.165, 1.54) is 0 Å². The van der Waals surface area contributed by atoms with Gasteiger partial charge in [-0.2, -0.15) is 5.10 Å². The molecule has 8 heteroatoms. The third kappa shape index (κ3) is 3.37. The molecule has 3 aromatic heterocycles. The summed E-state index contributed by atoms with van der Waals surface area (Å²) in [6.07, 6.45) is 1.65. The standard InChI is InChI=1S/C29H22N6O2/c1-18-23-24(19-9-5-3-6-10-19)25-27-31-26(20-13-15-22(36-2)16-14-20)33-34(27)17-30-28(25)37-29(23)35(32-18)21-11-7-4-8-12-21/h3-17,24H,1-2H3/t24-/m1/s1. The molecule has 37 heavy (non-hydrogen) atoms. The van der Waals surface area contributed by atoms with E-state index < -0.39 is 0 Å². The van der Waals surface area contributed by atoms with E-state index >= 15 is 0 Å². The highest BCUT2D eigenvalue weighted by molar-refractivity contribution is 5.69. The van der Waals surface area contributed by atoms with Crippen LogP contribution in [0.3, 0.4) is 0 Å². The van der Waals surface area contributed by atoms with Gasteiger partial charge in [-0.3, -0.25) is 0 Å². The van der Waals surface area contributed by atoms with Gasteiger partial charge in [0.1, 0.15) is 12.1 Å². The fourth-order valence-corrected chi connectivity index (χ4v) is 4.96. The minimum Gasteiger partial charge on any atom is -0.497 e. The van der Waals surface area contributed by atoms with Gasteiger partial charge in [0.2, 0.25) is 11.8 Å². The van der Waals surface area contributed by atoms with E-state index in [0.29, 0.717) is 23.2 Å². The molecule has 0 spiro atoms. The Labute approximate surface area is 212 Å². The Bertz CT molecular complexity index is 1740. The Balaban J connectivity index is 1.46. The molecule has 1 atom stereocenters. The van der Waals surface area contributed by atoms with Crippen LogP contribution in [0.25, 0.3) is 22.7 Å². The lowest BCUT2D eigenvalue weighted by Crippen LogP contribution is -2.16. The molecule has 1 aliphatic heterocycles. The molecule has 180 valence electrons. The zero-order valence-electron chi connectivity index (χ0n) is 20.2. The van der Waals surface area contributed by atoms with Crippen molar-refractivity contribution in [1.29, 1.82) is 0 Å². The molecule has 0 bridgehead atoms. The number of aromatic nitrogens is 6. The van der Waals surface area contributed by atoms with E-state index in [2.05, 4.69) is 17.1 Å². The lowest BCUT2D eigenvalue weighted by molar-refractivity contribution is 0.402. The molecule has 0 aliphatic carbocycles. The SMILES string of the molecule is COc1ccc(-c2nc3c4c(ncn3n2)Oc2c(c(C)nn2-c2ccccc2)[C@H]4c2ccccc2)cc1. The van der Waals surface area contributed by atoms with Crippen LogP contribution >= 0.6 is 0 Å². The molecule has 0 amide bonds. The van der Waals surface area contributed by atoms with Crippen molar-refractivity contribution in [2.24, 2.45) is 0 Å². The number of para-hydroxylation sites is 1. The predicted octanol–water partition coefficient (Wildman–Crippen LogP) is 5.58. The summed E-state index contributed by atoms with van der Waals surface area (Å²) in [7, 11) is 1.65. The van der Waals surface area contributed by atoms with Crippen molar-refractivity contribution in [3.8, 4) is 34.6 Å². The van der Waals surface area contributed by atoms with E-state index in [-0.39, 0.29) is 5.92 Å². The van der Waals surface area contributed by atoms with Gasteiger partial charge in [-0.1, -0.05) is 48.5 Å². The number of hydrogen-bond acceptors (Lipinski definition) is 6. The fraction of sp³-hybridized carbons (Fsp3) is 0.103. The minimum atomic E-state index is -0.179. The highest BCUT2D eigenvalue weighted by atomic mass is 16.5. The van der Waals surface area contributed by atoms with Crippen LogP contribution in [-0.4, -0.2) is 36.5 Å². The minimum absolute atomic E-state index is 0.179. The smallest absolute Gasteiger partial charge is 0.230 e. The number of methoxy groups -OCH3 is 1. The maximum atomic E-state index is 6.48. The quantitative estimate of drug-likeness (QED) is 0.323. The van der Waals surface area contributed by atoms with Gasteiger partial charge in [0, 0.05) is 5.56 Å². The lowest BCUT2D eigenvalue weighted by atomic mass is 9.84.